The van der Waals surface area contributed by atoms with E-state index >= 15 is 0 Å². The maximum absolute atomic E-state index is 12.2. The van der Waals surface area contributed by atoms with Gasteiger partial charge in [0, 0.05) is 13.1 Å². The number of hydroxylamine groups is 1. The molecule has 0 atom stereocenters. The van der Waals surface area contributed by atoms with Crippen molar-refractivity contribution in [1.29, 1.82) is 0 Å². The highest BCUT2D eigenvalue weighted by atomic mass is 16.7. The Morgan fingerprint density at radius 2 is 1.94 bits per heavy atom. The molecule has 1 heterocycles. The summed E-state index contributed by atoms with van der Waals surface area (Å²) in [6.07, 6.45) is 0. The number of amides is 2. The monoisotopic (exact) mass is 236 g/mol. The molecule has 0 spiro atoms. The van der Waals surface area contributed by atoms with E-state index in [-0.39, 0.29) is 6.03 Å². The SMILES string of the molecule is CON(C(=O)N1CCOCC1)c1ccccc1. The minimum atomic E-state index is -0.151. The summed E-state index contributed by atoms with van der Waals surface area (Å²) in [6.45, 7) is 2.37. The average molecular weight is 236 g/mol. The van der Waals surface area contributed by atoms with Crippen LogP contribution >= 0.6 is 0 Å². The topological polar surface area (TPSA) is 42.0 Å². The predicted octanol–water partition coefficient (Wildman–Crippen LogP) is 1.51. The van der Waals surface area contributed by atoms with Gasteiger partial charge in [0.2, 0.25) is 0 Å². The second-order valence-electron chi connectivity index (χ2n) is 3.69. The van der Waals surface area contributed by atoms with Crippen LogP contribution in [0.5, 0.6) is 0 Å². The fraction of sp³-hybridized carbons (Fsp3) is 0.417. The Kier molecular flexibility index (Phi) is 3.95. The summed E-state index contributed by atoms with van der Waals surface area (Å²) in [7, 11) is 1.49. The summed E-state index contributed by atoms with van der Waals surface area (Å²) in [5.74, 6) is 0. The first-order chi connectivity index (χ1) is 8.33. The number of hydrogen-bond donors (Lipinski definition) is 0. The smallest absolute Gasteiger partial charge is 0.348 e. The Labute approximate surface area is 100 Å². The molecule has 5 nitrogen and oxygen atoms in total. The molecule has 17 heavy (non-hydrogen) atoms. The molecule has 0 bridgehead atoms. The number of urea groups is 1. The zero-order valence-corrected chi connectivity index (χ0v) is 9.83. The molecule has 0 radical (unpaired) electrons. The van der Waals surface area contributed by atoms with E-state index in [1.54, 1.807) is 4.90 Å². The summed E-state index contributed by atoms with van der Waals surface area (Å²) in [6, 6.07) is 9.16. The van der Waals surface area contributed by atoms with Gasteiger partial charge in [-0.25, -0.2) is 4.79 Å². The number of morpholine rings is 1. The summed E-state index contributed by atoms with van der Waals surface area (Å²) in [5, 5.41) is 1.30. The van der Waals surface area contributed by atoms with E-state index in [0.29, 0.717) is 26.3 Å². The fourth-order valence-corrected chi connectivity index (χ4v) is 1.74. The molecule has 2 amide bonds. The van der Waals surface area contributed by atoms with Crippen molar-refractivity contribution >= 4 is 11.7 Å². The first-order valence-electron chi connectivity index (χ1n) is 5.59. The number of para-hydroxylation sites is 1. The number of rotatable bonds is 2. The van der Waals surface area contributed by atoms with E-state index in [1.165, 1.54) is 12.2 Å². The molecule has 2 rings (SSSR count). The van der Waals surface area contributed by atoms with Gasteiger partial charge in [-0.15, -0.1) is 0 Å². The maximum atomic E-state index is 12.2. The van der Waals surface area contributed by atoms with Gasteiger partial charge in [-0.05, 0) is 12.1 Å². The van der Waals surface area contributed by atoms with Crippen LogP contribution in [0.1, 0.15) is 0 Å². The van der Waals surface area contributed by atoms with Crippen LogP contribution in [0, 0.1) is 0 Å². The quantitative estimate of drug-likeness (QED) is 0.731. The van der Waals surface area contributed by atoms with E-state index < -0.39 is 0 Å². The molecule has 1 fully saturated rings. The number of carbonyl (C=O) groups is 1. The fourth-order valence-electron chi connectivity index (χ4n) is 1.74. The molecule has 1 saturated heterocycles. The van der Waals surface area contributed by atoms with Crippen molar-refractivity contribution in [3.63, 3.8) is 0 Å². The van der Waals surface area contributed by atoms with Gasteiger partial charge in [0.1, 0.15) is 0 Å². The van der Waals surface area contributed by atoms with Gasteiger partial charge in [0.05, 0.1) is 26.0 Å². The zero-order chi connectivity index (χ0) is 12.1. The second kappa shape index (κ2) is 5.65. The van der Waals surface area contributed by atoms with Gasteiger partial charge in [-0.1, -0.05) is 18.2 Å². The zero-order valence-electron chi connectivity index (χ0n) is 9.83. The van der Waals surface area contributed by atoms with Crippen LogP contribution in [0.2, 0.25) is 0 Å². The summed E-state index contributed by atoms with van der Waals surface area (Å²) in [4.78, 5) is 19.1. The first kappa shape index (κ1) is 11.9. The molecule has 92 valence electrons. The van der Waals surface area contributed by atoms with Crippen molar-refractivity contribution in [2.45, 2.75) is 0 Å². The predicted molar refractivity (Wildman–Crippen MR) is 63.7 cm³/mol. The van der Waals surface area contributed by atoms with Gasteiger partial charge >= 0.3 is 6.03 Å². The Hall–Kier alpha value is -1.59. The molecule has 0 saturated carbocycles. The summed E-state index contributed by atoms with van der Waals surface area (Å²) >= 11 is 0. The molecule has 1 aliphatic rings. The largest absolute Gasteiger partial charge is 0.378 e. The van der Waals surface area contributed by atoms with Crippen molar-refractivity contribution in [1.82, 2.24) is 4.90 Å². The number of ether oxygens (including phenoxy) is 1. The Morgan fingerprint density at radius 3 is 2.53 bits per heavy atom. The molecule has 0 N–H and O–H groups in total. The van der Waals surface area contributed by atoms with Crippen LogP contribution in [0.3, 0.4) is 0 Å². The number of hydrogen-bond acceptors (Lipinski definition) is 3. The number of nitrogens with zero attached hydrogens (tertiary/aromatic N) is 2. The van der Waals surface area contributed by atoms with Gasteiger partial charge in [0.15, 0.2) is 0 Å². The normalized spacial score (nSPS) is 15.7. The first-order valence-corrected chi connectivity index (χ1v) is 5.59. The molecule has 1 aromatic carbocycles. The lowest BCUT2D eigenvalue weighted by atomic mass is 10.3. The molecule has 1 aromatic rings. The minimum absolute atomic E-state index is 0.151. The van der Waals surface area contributed by atoms with Gasteiger partial charge < -0.3 is 9.64 Å². The van der Waals surface area contributed by atoms with Crippen LogP contribution in [0.4, 0.5) is 10.5 Å². The average Bonchev–Trinajstić information content (AvgIpc) is 2.42. The van der Waals surface area contributed by atoms with Crippen molar-refractivity contribution in [2.24, 2.45) is 0 Å². The second-order valence-corrected chi connectivity index (χ2v) is 3.69. The molecule has 1 aliphatic heterocycles. The number of carbonyl (C=O) groups excluding carboxylic acids is 1. The van der Waals surface area contributed by atoms with Crippen molar-refractivity contribution in [2.75, 3.05) is 38.5 Å². The summed E-state index contributed by atoms with van der Waals surface area (Å²) in [5.41, 5.74) is 0.728. The van der Waals surface area contributed by atoms with E-state index in [0.717, 1.165) is 5.69 Å². The third-order valence-corrected chi connectivity index (χ3v) is 2.63. The highest BCUT2D eigenvalue weighted by Crippen LogP contribution is 2.15. The van der Waals surface area contributed by atoms with Crippen LogP contribution in [0.25, 0.3) is 0 Å². The third-order valence-electron chi connectivity index (χ3n) is 2.63. The third kappa shape index (κ3) is 2.75. The number of benzene rings is 1. The van der Waals surface area contributed by atoms with Crippen molar-refractivity contribution < 1.29 is 14.4 Å². The summed E-state index contributed by atoms with van der Waals surface area (Å²) < 4.78 is 5.22. The minimum Gasteiger partial charge on any atom is -0.378 e. The van der Waals surface area contributed by atoms with Crippen LogP contribution in [-0.4, -0.2) is 44.3 Å². The molecule has 0 unspecified atom stereocenters. The van der Waals surface area contributed by atoms with Crippen LogP contribution in [0.15, 0.2) is 30.3 Å². The van der Waals surface area contributed by atoms with E-state index in [2.05, 4.69) is 0 Å². The highest BCUT2D eigenvalue weighted by Gasteiger charge is 2.24. The lowest BCUT2D eigenvalue weighted by Gasteiger charge is -2.31. The lowest BCUT2D eigenvalue weighted by Crippen LogP contribution is -2.48. The molecular formula is C12H16N2O3. The van der Waals surface area contributed by atoms with Crippen molar-refractivity contribution in [3.05, 3.63) is 30.3 Å². The highest BCUT2D eigenvalue weighted by molar-refractivity contribution is 5.89. The van der Waals surface area contributed by atoms with Gasteiger partial charge in [-0.2, -0.15) is 5.06 Å². The van der Waals surface area contributed by atoms with E-state index in [1.807, 2.05) is 30.3 Å². The molecule has 0 aromatic heterocycles. The molecule has 0 aliphatic carbocycles. The Balaban J connectivity index is 2.10. The molecular weight excluding hydrogens is 220 g/mol. The number of anilines is 1. The van der Waals surface area contributed by atoms with Crippen LogP contribution in [-0.2, 0) is 9.57 Å². The lowest BCUT2D eigenvalue weighted by molar-refractivity contribution is 0.0459. The van der Waals surface area contributed by atoms with E-state index in [4.69, 9.17) is 9.57 Å². The standard InChI is InChI=1S/C12H16N2O3/c1-16-14(11-5-3-2-4-6-11)12(15)13-7-9-17-10-8-13/h2-6H,7-10H2,1H3. The van der Waals surface area contributed by atoms with Crippen LogP contribution < -0.4 is 5.06 Å². The Morgan fingerprint density at radius 1 is 1.29 bits per heavy atom. The van der Waals surface area contributed by atoms with Crippen molar-refractivity contribution in [3.8, 4) is 0 Å². The van der Waals surface area contributed by atoms with E-state index in [9.17, 15) is 4.79 Å². The molecule has 5 heteroatoms. The van der Waals surface area contributed by atoms with Gasteiger partial charge in [0.25, 0.3) is 0 Å². The Bertz CT molecular complexity index is 363. The van der Waals surface area contributed by atoms with Gasteiger partial charge in [-0.3, -0.25) is 4.84 Å². The maximum Gasteiger partial charge on any atom is 0.348 e.